The summed E-state index contributed by atoms with van der Waals surface area (Å²) in [5, 5.41) is 5.35. The quantitative estimate of drug-likeness (QED) is 0.782. The Morgan fingerprint density at radius 3 is 2.92 bits per heavy atom. The van der Waals surface area contributed by atoms with Crippen molar-refractivity contribution in [2.75, 3.05) is 32.2 Å². The minimum Gasteiger partial charge on any atom is -0.382 e. The van der Waals surface area contributed by atoms with Crippen LogP contribution in [0.1, 0.15) is 24.0 Å². The molecule has 1 aromatic carbocycles. The predicted molar refractivity (Wildman–Crippen MR) is 95.5 cm³/mol. The van der Waals surface area contributed by atoms with Gasteiger partial charge in [0.05, 0.1) is 18.9 Å². The van der Waals surface area contributed by atoms with E-state index in [2.05, 4.69) is 28.5 Å². The minimum absolute atomic E-state index is 0.0110. The molecular formula is C18H22N2O3S. The highest BCUT2D eigenvalue weighted by atomic mass is 32.1. The zero-order chi connectivity index (χ0) is 16.8. The molecule has 3 rings (SSSR count). The van der Waals surface area contributed by atoms with Gasteiger partial charge in [-0.1, -0.05) is 12.1 Å². The summed E-state index contributed by atoms with van der Waals surface area (Å²) < 4.78 is 10.1. The topological polar surface area (TPSA) is 60.5 Å². The maximum absolute atomic E-state index is 11.8. The molecule has 0 aliphatic heterocycles. The Labute approximate surface area is 146 Å². The second-order valence-electron chi connectivity index (χ2n) is 5.82. The van der Waals surface area contributed by atoms with Gasteiger partial charge in [-0.3, -0.25) is 10.1 Å². The predicted octanol–water partition coefficient (Wildman–Crippen LogP) is 3.29. The molecule has 6 heteroatoms. The lowest BCUT2D eigenvalue weighted by atomic mass is 9.90. The van der Waals surface area contributed by atoms with Crippen molar-refractivity contribution in [2.24, 2.45) is 0 Å². The molecule has 1 heterocycles. The van der Waals surface area contributed by atoms with Crippen molar-refractivity contribution in [3.8, 4) is 11.3 Å². The molecule has 0 saturated carbocycles. The first-order valence-electron chi connectivity index (χ1n) is 8.20. The number of benzene rings is 1. The molecule has 5 nitrogen and oxygen atoms in total. The third-order valence-electron chi connectivity index (χ3n) is 4.06. The van der Waals surface area contributed by atoms with E-state index in [-0.39, 0.29) is 12.5 Å². The monoisotopic (exact) mass is 346 g/mol. The Hall–Kier alpha value is -1.76. The number of nitrogens with one attached hydrogen (secondary N) is 1. The van der Waals surface area contributed by atoms with Crippen LogP contribution in [-0.4, -0.2) is 37.8 Å². The van der Waals surface area contributed by atoms with Gasteiger partial charge in [-0.05, 0) is 42.9 Å². The molecule has 0 radical (unpaired) electrons. The average molecular weight is 346 g/mol. The molecule has 0 bridgehead atoms. The summed E-state index contributed by atoms with van der Waals surface area (Å²) in [6, 6.07) is 6.58. The number of hydrogen-bond acceptors (Lipinski definition) is 5. The van der Waals surface area contributed by atoms with Gasteiger partial charge < -0.3 is 9.47 Å². The average Bonchev–Trinajstić information content (AvgIpc) is 3.07. The Balaban J connectivity index is 1.60. The maximum Gasteiger partial charge on any atom is 0.252 e. The van der Waals surface area contributed by atoms with E-state index in [1.54, 1.807) is 7.11 Å². The molecule has 1 aliphatic carbocycles. The van der Waals surface area contributed by atoms with Crippen LogP contribution >= 0.6 is 11.3 Å². The zero-order valence-electron chi connectivity index (χ0n) is 13.8. The summed E-state index contributed by atoms with van der Waals surface area (Å²) in [5.41, 5.74) is 4.92. The molecule has 24 heavy (non-hydrogen) atoms. The molecule has 0 spiro atoms. The van der Waals surface area contributed by atoms with Crippen LogP contribution in [0.15, 0.2) is 23.6 Å². The number of amides is 1. The van der Waals surface area contributed by atoms with Crippen LogP contribution in [0, 0.1) is 0 Å². The summed E-state index contributed by atoms with van der Waals surface area (Å²) in [7, 11) is 1.60. The van der Waals surface area contributed by atoms with E-state index in [4.69, 9.17) is 9.47 Å². The van der Waals surface area contributed by atoms with Crippen molar-refractivity contribution >= 4 is 22.4 Å². The maximum atomic E-state index is 11.8. The van der Waals surface area contributed by atoms with Crippen LogP contribution in [0.5, 0.6) is 0 Å². The number of aromatic nitrogens is 1. The van der Waals surface area contributed by atoms with Gasteiger partial charge >= 0.3 is 0 Å². The molecule has 0 saturated heterocycles. The fourth-order valence-corrected chi connectivity index (χ4v) is 3.55. The summed E-state index contributed by atoms with van der Waals surface area (Å²) in [6.45, 7) is 0.895. The van der Waals surface area contributed by atoms with Gasteiger partial charge in [0.1, 0.15) is 6.61 Å². The normalized spacial score (nSPS) is 13.5. The van der Waals surface area contributed by atoms with Crippen molar-refractivity contribution < 1.29 is 14.3 Å². The highest BCUT2D eigenvalue weighted by Gasteiger charge is 2.12. The largest absolute Gasteiger partial charge is 0.382 e. The van der Waals surface area contributed by atoms with E-state index < -0.39 is 0 Å². The number of ether oxygens (including phenoxy) is 2. The molecule has 1 aliphatic rings. The van der Waals surface area contributed by atoms with Crippen molar-refractivity contribution in [2.45, 2.75) is 25.7 Å². The number of anilines is 1. The van der Waals surface area contributed by atoms with Crippen molar-refractivity contribution in [1.29, 1.82) is 0 Å². The standard InChI is InChI=1S/C18H22N2O3S/c1-22-8-9-23-11-17(21)20-18-19-16(12-24-18)15-7-6-13-4-2-3-5-14(13)10-15/h6-7,10,12H,2-5,8-9,11H2,1H3,(H,19,20,21). The summed E-state index contributed by atoms with van der Waals surface area (Å²) in [5.74, 6) is -0.197. The number of carbonyl (C=O) groups excluding carboxylic acids is 1. The highest BCUT2D eigenvalue weighted by molar-refractivity contribution is 7.14. The Bertz CT molecular complexity index is 699. The number of methoxy groups -OCH3 is 1. The van der Waals surface area contributed by atoms with Gasteiger partial charge in [0, 0.05) is 18.1 Å². The van der Waals surface area contributed by atoms with E-state index in [1.807, 2.05) is 5.38 Å². The number of thiazole rings is 1. The van der Waals surface area contributed by atoms with Crippen molar-refractivity contribution in [3.05, 3.63) is 34.7 Å². The lowest BCUT2D eigenvalue weighted by Gasteiger charge is -2.16. The Morgan fingerprint density at radius 2 is 2.08 bits per heavy atom. The number of carbonyl (C=O) groups is 1. The third kappa shape index (κ3) is 4.41. The first kappa shape index (κ1) is 17.1. The van der Waals surface area contributed by atoms with Gasteiger partial charge in [0.15, 0.2) is 5.13 Å². The van der Waals surface area contributed by atoms with Crippen LogP contribution in [0.2, 0.25) is 0 Å². The summed E-state index contributed by atoms with van der Waals surface area (Å²) in [4.78, 5) is 16.3. The third-order valence-corrected chi connectivity index (χ3v) is 4.82. The van der Waals surface area contributed by atoms with Crippen molar-refractivity contribution in [1.82, 2.24) is 4.98 Å². The molecule has 1 N–H and O–H groups in total. The number of aryl methyl sites for hydroxylation is 2. The molecule has 1 aromatic heterocycles. The first-order chi connectivity index (χ1) is 11.8. The van der Waals surface area contributed by atoms with Crippen LogP contribution in [-0.2, 0) is 27.1 Å². The van der Waals surface area contributed by atoms with Crippen LogP contribution < -0.4 is 5.32 Å². The summed E-state index contributed by atoms with van der Waals surface area (Å²) >= 11 is 1.43. The fraction of sp³-hybridized carbons (Fsp3) is 0.444. The van der Waals surface area contributed by atoms with E-state index in [0.717, 1.165) is 17.7 Å². The second kappa shape index (κ2) is 8.37. The van der Waals surface area contributed by atoms with Crippen molar-refractivity contribution in [3.63, 3.8) is 0 Å². The fourth-order valence-electron chi connectivity index (χ4n) is 2.82. The number of nitrogens with zero attached hydrogens (tertiary/aromatic N) is 1. The van der Waals surface area contributed by atoms with E-state index >= 15 is 0 Å². The van der Waals surface area contributed by atoms with Gasteiger partial charge in [0.2, 0.25) is 0 Å². The lowest BCUT2D eigenvalue weighted by Crippen LogP contribution is -2.19. The van der Waals surface area contributed by atoms with Crippen LogP contribution in [0.4, 0.5) is 5.13 Å². The van der Waals surface area contributed by atoms with Gasteiger partial charge in [-0.25, -0.2) is 4.98 Å². The molecule has 0 unspecified atom stereocenters. The smallest absolute Gasteiger partial charge is 0.252 e. The molecule has 2 aromatic rings. The molecule has 1 amide bonds. The van der Waals surface area contributed by atoms with E-state index in [9.17, 15) is 4.79 Å². The first-order valence-corrected chi connectivity index (χ1v) is 9.08. The van der Waals surface area contributed by atoms with Gasteiger partial charge in [-0.2, -0.15) is 0 Å². The minimum atomic E-state index is -0.197. The number of rotatable bonds is 7. The molecule has 128 valence electrons. The Morgan fingerprint density at radius 1 is 1.25 bits per heavy atom. The van der Waals surface area contributed by atoms with Gasteiger partial charge in [0.25, 0.3) is 5.91 Å². The lowest BCUT2D eigenvalue weighted by molar-refractivity contribution is -0.121. The SMILES string of the molecule is COCCOCC(=O)Nc1nc(-c2ccc3c(c2)CCCC3)cs1. The van der Waals surface area contributed by atoms with Gasteiger partial charge in [-0.15, -0.1) is 11.3 Å². The molecule has 0 fully saturated rings. The number of fused-ring (bicyclic) bond motifs is 1. The molecule has 0 atom stereocenters. The van der Waals surface area contributed by atoms with Crippen LogP contribution in [0.25, 0.3) is 11.3 Å². The van der Waals surface area contributed by atoms with E-state index in [1.165, 1.54) is 41.7 Å². The second-order valence-corrected chi connectivity index (χ2v) is 6.68. The Kier molecular flexibility index (Phi) is 5.96. The number of hydrogen-bond donors (Lipinski definition) is 1. The highest BCUT2D eigenvalue weighted by Crippen LogP contribution is 2.29. The molecular weight excluding hydrogens is 324 g/mol. The zero-order valence-corrected chi connectivity index (χ0v) is 14.7. The summed E-state index contributed by atoms with van der Waals surface area (Å²) in [6.07, 6.45) is 4.87. The van der Waals surface area contributed by atoms with E-state index in [0.29, 0.717) is 18.3 Å². The van der Waals surface area contributed by atoms with Crippen LogP contribution in [0.3, 0.4) is 0 Å².